The highest BCUT2D eigenvalue weighted by Crippen LogP contribution is 2.48. The molecule has 20 heavy (non-hydrogen) atoms. The van der Waals surface area contributed by atoms with E-state index in [4.69, 9.17) is 5.73 Å². The molecule has 3 rings (SSSR count). The zero-order valence-electron chi connectivity index (χ0n) is 12.8. The zero-order chi connectivity index (χ0) is 14.1. The molecule has 2 fully saturated rings. The molecule has 2 aliphatic carbocycles. The van der Waals surface area contributed by atoms with Crippen molar-refractivity contribution >= 4 is 5.82 Å². The third-order valence-electron chi connectivity index (χ3n) is 5.16. The van der Waals surface area contributed by atoms with E-state index in [0.717, 1.165) is 36.5 Å². The molecule has 1 aromatic heterocycles. The van der Waals surface area contributed by atoms with Crippen LogP contribution in [0.1, 0.15) is 38.2 Å². The lowest BCUT2D eigenvalue weighted by Gasteiger charge is -2.29. The topological polar surface area (TPSA) is 42.1 Å². The average Bonchev–Trinajstić information content (AvgIpc) is 3.00. The third kappa shape index (κ3) is 2.83. The second-order valence-corrected chi connectivity index (χ2v) is 6.98. The van der Waals surface area contributed by atoms with E-state index in [-0.39, 0.29) is 6.04 Å². The molecule has 3 nitrogen and oxygen atoms in total. The fraction of sp³-hybridized carbons (Fsp3) is 0.706. The third-order valence-corrected chi connectivity index (χ3v) is 5.16. The second-order valence-electron chi connectivity index (χ2n) is 6.98. The molecule has 4 atom stereocenters. The Balaban J connectivity index is 1.69. The van der Waals surface area contributed by atoms with Crippen molar-refractivity contribution < 1.29 is 0 Å². The number of anilines is 1. The second kappa shape index (κ2) is 5.72. The van der Waals surface area contributed by atoms with Crippen molar-refractivity contribution in [3.05, 3.63) is 23.9 Å². The van der Waals surface area contributed by atoms with Gasteiger partial charge in [0, 0.05) is 25.8 Å². The molecule has 3 heteroatoms. The lowest BCUT2D eigenvalue weighted by molar-refractivity contribution is 0.337. The number of pyridine rings is 1. The first-order valence-electron chi connectivity index (χ1n) is 8.04. The fourth-order valence-electron chi connectivity index (χ4n) is 4.32. The number of fused-ring (bicyclic) bond motifs is 2. The molecule has 2 N–H and O–H groups in total. The van der Waals surface area contributed by atoms with Gasteiger partial charge < -0.3 is 10.6 Å². The standard InChI is InChI=1S/C17H27N3/c1-12(18)8-15-4-3-7-19-17(15)20(2)11-16-10-13-5-6-14(16)9-13/h3-4,7,12-14,16H,5-6,8-11,18H2,1-2H3. The van der Waals surface area contributed by atoms with Crippen LogP contribution in [0.25, 0.3) is 0 Å². The molecular weight excluding hydrogens is 246 g/mol. The molecule has 2 saturated carbocycles. The lowest BCUT2D eigenvalue weighted by Crippen LogP contribution is -2.30. The summed E-state index contributed by atoms with van der Waals surface area (Å²) in [5, 5.41) is 0. The van der Waals surface area contributed by atoms with Crippen LogP contribution in [-0.2, 0) is 6.42 Å². The summed E-state index contributed by atoms with van der Waals surface area (Å²) >= 11 is 0. The highest BCUT2D eigenvalue weighted by atomic mass is 15.2. The minimum atomic E-state index is 0.189. The van der Waals surface area contributed by atoms with Crippen molar-refractivity contribution in [2.75, 3.05) is 18.5 Å². The highest BCUT2D eigenvalue weighted by molar-refractivity contribution is 5.46. The van der Waals surface area contributed by atoms with E-state index in [9.17, 15) is 0 Å². The van der Waals surface area contributed by atoms with Gasteiger partial charge in [-0.3, -0.25) is 0 Å². The first kappa shape index (κ1) is 13.9. The summed E-state index contributed by atoms with van der Waals surface area (Å²) in [6.07, 6.45) is 8.65. The molecule has 0 radical (unpaired) electrons. The van der Waals surface area contributed by atoms with E-state index >= 15 is 0 Å². The first-order valence-corrected chi connectivity index (χ1v) is 8.04. The molecule has 0 saturated heterocycles. The summed E-state index contributed by atoms with van der Waals surface area (Å²) in [4.78, 5) is 6.97. The van der Waals surface area contributed by atoms with Gasteiger partial charge in [-0.2, -0.15) is 0 Å². The SMILES string of the molecule is CC(N)Cc1cccnc1N(C)CC1CC2CCC1C2. The van der Waals surface area contributed by atoms with Crippen molar-refractivity contribution in [1.29, 1.82) is 0 Å². The van der Waals surface area contributed by atoms with E-state index in [2.05, 4.69) is 29.9 Å². The number of nitrogens with zero attached hydrogens (tertiary/aromatic N) is 2. The van der Waals surface area contributed by atoms with Gasteiger partial charge in [0.15, 0.2) is 0 Å². The van der Waals surface area contributed by atoms with E-state index in [1.807, 2.05) is 12.3 Å². The molecule has 0 aliphatic heterocycles. The minimum absolute atomic E-state index is 0.189. The summed E-state index contributed by atoms with van der Waals surface area (Å²) in [5.41, 5.74) is 7.25. The number of hydrogen-bond acceptors (Lipinski definition) is 3. The van der Waals surface area contributed by atoms with Gasteiger partial charge in [-0.05, 0) is 62.0 Å². The van der Waals surface area contributed by atoms with E-state index < -0.39 is 0 Å². The van der Waals surface area contributed by atoms with E-state index in [1.165, 1.54) is 31.2 Å². The van der Waals surface area contributed by atoms with E-state index in [1.54, 1.807) is 0 Å². The Labute approximate surface area is 122 Å². The van der Waals surface area contributed by atoms with Crippen LogP contribution in [0.5, 0.6) is 0 Å². The maximum absolute atomic E-state index is 5.96. The molecule has 1 aromatic rings. The molecule has 2 bridgehead atoms. The Kier molecular flexibility index (Phi) is 3.97. The Morgan fingerprint density at radius 2 is 2.25 bits per heavy atom. The average molecular weight is 273 g/mol. The van der Waals surface area contributed by atoms with E-state index in [0.29, 0.717) is 0 Å². The Morgan fingerprint density at radius 1 is 1.40 bits per heavy atom. The largest absolute Gasteiger partial charge is 0.359 e. The molecule has 1 heterocycles. The van der Waals surface area contributed by atoms with Crippen LogP contribution in [-0.4, -0.2) is 24.6 Å². The van der Waals surface area contributed by atoms with Crippen molar-refractivity contribution in [3.63, 3.8) is 0 Å². The molecule has 0 aromatic carbocycles. The summed E-state index contributed by atoms with van der Waals surface area (Å²) in [5.74, 6) is 4.00. The van der Waals surface area contributed by atoms with Crippen LogP contribution >= 0.6 is 0 Å². The van der Waals surface area contributed by atoms with Gasteiger partial charge in [0.05, 0.1) is 0 Å². The van der Waals surface area contributed by atoms with Crippen LogP contribution in [0.2, 0.25) is 0 Å². The number of aromatic nitrogens is 1. The zero-order valence-corrected chi connectivity index (χ0v) is 12.8. The monoisotopic (exact) mass is 273 g/mol. The molecule has 4 unspecified atom stereocenters. The fourth-order valence-corrected chi connectivity index (χ4v) is 4.32. The highest BCUT2D eigenvalue weighted by Gasteiger charge is 2.39. The number of nitrogens with two attached hydrogens (primary N) is 1. The van der Waals surface area contributed by atoms with Crippen LogP contribution in [0.4, 0.5) is 5.82 Å². The summed E-state index contributed by atoms with van der Waals surface area (Å²) < 4.78 is 0. The van der Waals surface area contributed by atoms with Gasteiger partial charge in [0.2, 0.25) is 0 Å². The minimum Gasteiger partial charge on any atom is -0.359 e. The van der Waals surface area contributed by atoms with Crippen LogP contribution < -0.4 is 10.6 Å². The Bertz CT molecular complexity index is 457. The van der Waals surface area contributed by atoms with Gasteiger partial charge in [-0.15, -0.1) is 0 Å². The van der Waals surface area contributed by atoms with Crippen molar-refractivity contribution in [2.24, 2.45) is 23.5 Å². The van der Waals surface area contributed by atoms with Crippen LogP contribution in [0, 0.1) is 17.8 Å². The van der Waals surface area contributed by atoms with Crippen molar-refractivity contribution in [1.82, 2.24) is 4.98 Å². The number of hydrogen-bond donors (Lipinski definition) is 1. The lowest BCUT2D eigenvalue weighted by atomic mass is 9.88. The van der Waals surface area contributed by atoms with Crippen molar-refractivity contribution in [2.45, 2.75) is 45.1 Å². The summed E-state index contributed by atoms with van der Waals surface area (Å²) in [7, 11) is 2.19. The predicted octanol–water partition coefficient (Wildman–Crippen LogP) is 2.84. The smallest absolute Gasteiger partial charge is 0.131 e. The van der Waals surface area contributed by atoms with Crippen LogP contribution in [0.15, 0.2) is 18.3 Å². The van der Waals surface area contributed by atoms with Crippen molar-refractivity contribution in [3.8, 4) is 0 Å². The first-order chi connectivity index (χ1) is 9.63. The van der Waals surface area contributed by atoms with Gasteiger partial charge in [0.1, 0.15) is 5.82 Å². The van der Waals surface area contributed by atoms with Gasteiger partial charge in [0.25, 0.3) is 0 Å². The Hall–Kier alpha value is -1.09. The summed E-state index contributed by atoms with van der Waals surface area (Å²) in [6, 6.07) is 4.38. The van der Waals surface area contributed by atoms with Crippen LogP contribution in [0.3, 0.4) is 0 Å². The quantitative estimate of drug-likeness (QED) is 0.897. The van der Waals surface area contributed by atoms with Gasteiger partial charge in [-0.25, -0.2) is 4.98 Å². The molecule has 2 aliphatic rings. The summed E-state index contributed by atoms with van der Waals surface area (Å²) in [6.45, 7) is 3.22. The molecule has 0 amide bonds. The number of rotatable bonds is 5. The normalized spacial score (nSPS) is 29.6. The molecule has 110 valence electrons. The molecular formula is C17H27N3. The van der Waals surface area contributed by atoms with Gasteiger partial charge >= 0.3 is 0 Å². The predicted molar refractivity (Wildman–Crippen MR) is 83.8 cm³/mol. The maximum atomic E-state index is 5.96. The maximum Gasteiger partial charge on any atom is 0.131 e. The Morgan fingerprint density at radius 3 is 2.90 bits per heavy atom. The van der Waals surface area contributed by atoms with Gasteiger partial charge in [-0.1, -0.05) is 12.5 Å². The molecule has 0 spiro atoms.